The number of carbonyl (C=O) groups excluding carboxylic acids is 5. The lowest BCUT2D eigenvalue weighted by atomic mass is 10.0. The fourth-order valence-corrected chi connectivity index (χ4v) is 3.18. The van der Waals surface area contributed by atoms with E-state index in [4.69, 9.17) is 0 Å². The first-order chi connectivity index (χ1) is 19.4. The Kier molecular flexibility index (Phi) is 27.8. The highest BCUT2D eigenvalue weighted by Gasteiger charge is 2.26. The van der Waals surface area contributed by atoms with E-state index in [1.54, 1.807) is 27.8 Å². The lowest BCUT2D eigenvalue weighted by molar-refractivity contribution is -0.142. The molecule has 0 bridgehead atoms. The number of hydrogen-bond donors (Lipinski definition) is 7. The van der Waals surface area contributed by atoms with Gasteiger partial charge in [0.2, 0.25) is 29.5 Å². The molecular weight excluding hydrogens is 532 g/mol. The van der Waals surface area contributed by atoms with E-state index in [1.165, 1.54) is 6.92 Å². The van der Waals surface area contributed by atoms with E-state index in [9.17, 15) is 33.9 Å². The van der Waals surface area contributed by atoms with Crippen LogP contribution in [0.2, 0.25) is 0 Å². The van der Waals surface area contributed by atoms with Crippen LogP contribution in [-0.2, 0) is 28.8 Å². The summed E-state index contributed by atoms with van der Waals surface area (Å²) in [5, 5.41) is 25.1. The molecule has 0 heterocycles. The number of carboxylic acid groups (broad SMARTS) is 1. The largest absolute Gasteiger partial charge is 0.480 e. The van der Waals surface area contributed by atoms with Gasteiger partial charge in [0.1, 0.15) is 18.1 Å². The maximum atomic E-state index is 12.5. The first-order valence-electron chi connectivity index (χ1n) is 14.7. The SMILES string of the molecule is CC.CC.CCC(=O)NC(C(=O)N[C@@H](C)C(=O)NCCC(=O)N[C@@H](CCCCNC(=O)CCNC)C(=O)O)C(C)C. The van der Waals surface area contributed by atoms with Crippen LogP contribution in [0.3, 0.4) is 0 Å². The van der Waals surface area contributed by atoms with E-state index in [2.05, 4.69) is 31.9 Å². The predicted octanol–water partition coefficient (Wildman–Crippen LogP) is 1.07. The molecule has 0 rings (SSSR count). The Morgan fingerprint density at radius 3 is 1.78 bits per heavy atom. The maximum Gasteiger partial charge on any atom is 0.326 e. The molecular formula is C28H56N6O7. The number of carbonyl (C=O) groups is 6. The smallest absolute Gasteiger partial charge is 0.326 e. The van der Waals surface area contributed by atoms with E-state index < -0.39 is 41.8 Å². The van der Waals surface area contributed by atoms with Crippen LogP contribution in [0.4, 0.5) is 0 Å². The molecule has 0 spiro atoms. The summed E-state index contributed by atoms with van der Waals surface area (Å²) in [7, 11) is 1.75. The summed E-state index contributed by atoms with van der Waals surface area (Å²) in [4.78, 5) is 71.6. The summed E-state index contributed by atoms with van der Waals surface area (Å²) in [5.41, 5.74) is 0. The van der Waals surface area contributed by atoms with Crippen molar-refractivity contribution < 1.29 is 33.9 Å². The third kappa shape index (κ3) is 22.2. The van der Waals surface area contributed by atoms with Crippen LogP contribution in [0.5, 0.6) is 0 Å². The van der Waals surface area contributed by atoms with Crippen molar-refractivity contribution in [3.05, 3.63) is 0 Å². The molecule has 0 aliphatic heterocycles. The zero-order valence-corrected chi connectivity index (χ0v) is 26.6. The van der Waals surface area contributed by atoms with Gasteiger partial charge in [0.25, 0.3) is 0 Å². The van der Waals surface area contributed by atoms with Crippen molar-refractivity contribution in [3.63, 3.8) is 0 Å². The van der Waals surface area contributed by atoms with Crippen LogP contribution in [0.15, 0.2) is 0 Å². The summed E-state index contributed by atoms with van der Waals surface area (Å²) in [6.45, 7) is 15.7. The van der Waals surface area contributed by atoms with Gasteiger partial charge in [-0.3, -0.25) is 24.0 Å². The highest BCUT2D eigenvalue weighted by atomic mass is 16.4. The summed E-state index contributed by atoms with van der Waals surface area (Å²) >= 11 is 0. The lowest BCUT2D eigenvalue weighted by Gasteiger charge is -2.23. The number of carboxylic acids is 1. The van der Waals surface area contributed by atoms with E-state index in [1.807, 2.05) is 27.7 Å². The summed E-state index contributed by atoms with van der Waals surface area (Å²) in [5.74, 6) is -3.25. The highest BCUT2D eigenvalue weighted by molar-refractivity contribution is 5.92. The lowest BCUT2D eigenvalue weighted by Crippen LogP contribution is -2.54. The van der Waals surface area contributed by atoms with Crippen molar-refractivity contribution in [2.75, 3.05) is 26.7 Å². The zero-order valence-electron chi connectivity index (χ0n) is 26.6. The molecule has 0 aromatic rings. The molecule has 13 nitrogen and oxygen atoms in total. The van der Waals surface area contributed by atoms with Gasteiger partial charge in [-0.05, 0) is 39.2 Å². The zero-order chi connectivity index (χ0) is 32.4. The second-order valence-corrected chi connectivity index (χ2v) is 9.07. The van der Waals surface area contributed by atoms with Gasteiger partial charge in [-0.25, -0.2) is 4.79 Å². The molecule has 0 aliphatic rings. The second kappa shape index (κ2) is 27.0. The first kappa shape index (κ1) is 42.2. The average molecular weight is 589 g/mol. The molecule has 240 valence electrons. The molecule has 1 unspecified atom stereocenters. The Balaban J connectivity index is -0.00000344. The van der Waals surface area contributed by atoms with Crippen LogP contribution in [0, 0.1) is 5.92 Å². The van der Waals surface area contributed by atoms with Gasteiger partial charge in [-0.2, -0.15) is 0 Å². The molecule has 5 amide bonds. The quantitative estimate of drug-likeness (QED) is 0.109. The first-order valence-corrected chi connectivity index (χ1v) is 14.7. The maximum absolute atomic E-state index is 12.5. The molecule has 0 saturated carbocycles. The van der Waals surface area contributed by atoms with Gasteiger partial charge in [-0.15, -0.1) is 0 Å². The monoisotopic (exact) mass is 588 g/mol. The minimum Gasteiger partial charge on any atom is -0.480 e. The number of hydrogen-bond acceptors (Lipinski definition) is 7. The fourth-order valence-electron chi connectivity index (χ4n) is 3.18. The van der Waals surface area contributed by atoms with E-state index >= 15 is 0 Å². The van der Waals surface area contributed by atoms with Gasteiger partial charge in [0, 0.05) is 38.9 Å². The molecule has 13 heteroatoms. The fraction of sp³-hybridized carbons (Fsp3) is 0.786. The van der Waals surface area contributed by atoms with Crippen molar-refractivity contribution in [2.24, 2.45) is 5.92 Å². The summed E-state index contributed by atoms with van der Waals surface area (Å²) < 4.78 is 0. The topological polar surface area (TPSA) is 195 Å². The Hall–Kier alpha value is -3.22. The molecule has 41 heavy (non-hydrogen) atoms. The van der Waals surface area contributed by atoms with Crippen LogP contribution < -0.4 is 31.9 Å². The summed E-state index contributed by atoms with van der Waals surface area (Å²) in [6, 6.07) is -2.76. The molecule has 0 aromatic heterocycles. The third-order valence-corrected chi connectivity index (χ3v) is 5.47. The van der Waals surface area contributed by atoms with Crippen LogP contribution >= 0.6 is 0 Å². The van der Waals surface area contributed by atoms with Crippen molar-refractivity contribution in [3.8, 4) is 0 Å². The Labute approximate surface area is 246 Å². The van der Waals surface area contributed by atoms with Gasteiger partial charge in [0.15, 0.2) is 0 Å². The van der Waals surface area contributed by atoms with Crippen molar-refractivity contribution in [1.82, 2.24) is 31.9 Å². The molecule has 0 aromatic carbocycles. The van der Waals surface area contributed by atoms with Gasteiger partial charge < -0.3 is 37.0 Å². The molecule has 0 aliphatic carbocycles. The molecule has 0 radical (unpaired) electrons. The van der Waals surface area contributed by atoms with Crippen LogP contribution in [-0.4, -0.2) is 85.4 Å². The third-order valence-electron chi connectivity index (χ3n) is 5.47. The number of aliphatic carboxylic acids is 1. The predicted molar refractivity (Wildman–Crippen MR) is 160 cm³/mol. The van der Waals surface area contributed by atoms with Crippen molar-refractivity contribution >= 4 is 35.5 Å². The van der Waals surface area contributed by atoms with Crippen molar-refractivity contribution in [2.45, 2.75) is 112 Å². The van der Waals surface area contributed by atoms with E-state index in [0.29, 0.717) is 32.4 Å². The van der Waals surface area contributed by atoms with Crippen molar-refractivity contribution in [1.29, 1.82) is 0 Å². The molecule has 0 fully saturated rings. The van der Waals surface area contributed by atoms with Gasteiger partial charge in [-0.1, -0.05) is 48.5 Å². The molecule has 0 saturated heterocycles. The van der Waals surface area contributed by atoms with Gasteiger partial charge in [0.05, 0.1) is 0 Å². The van der Waals surface area contributed by atoms with E-state index in [0.717, 1.165) is 0 Å². The number of amides is 5. The second-order valence-electron chi connectivity index (χ2n) is 9.07. The van der Waals surface area contributed by atoms with Crippen LogP contribution in [0.25, 0.3) is 0 Å². The Morgan fingerprint density at radius 1 is 0.683 bits per heavy atom. The molecule has 7 N–H and O–H groups in total. The minimum absolute atomic E-state index is 0.0456. The highest BCUT2D eigenvalue weighted by Crippen LogP contribution is 2.04. The number of unbranched alkanes of at least 4 members (excludes halogenated alkanes) is 1. The normalized spacial score (nSPS) is 12.1. The minimum atomic E-state index is -1.17. The Morgan fingerprint density at radius 2 is 1.27 bits per heavy atom. The van der Waals surface area contributed by atoms with Crippen LogP contribution in [0.1, 0.15) is 93.9 Å². The number of rotatable bonds is 19. The standard InChI is InChI=1S/C24H44N6O7.2C2H6/c1-6-18(31)30-21(15(2)3)23(35)28-16(4)22(34)27-14-11-20(33)29-17(24(36)37)9-7-8-12-26-19(32)10-13-25-5;2*1-2/h15-17,21,25H,6-14H2,1-5H3,(H,26,32)(H,27,34)(H,28,35)(H,29,33)(H,30,31)(H,36,37);2*1-2H3/t16-,17-,21?;;/m0../s1. The number of nitrogens with one attached hydrogen (secondary N) is 6. The average Bonchev–Trinajstić information content (AvgIpc) is 2.95. The summed E-state index contributed by atoms with van der Waals surface area (Å²) in [6.07, 6.45) is 1.72. The van der Waals surface area contributed by atoms with Gasteiger partial charge >= 0.3 is 5.97 Å². The van der Waals surface area contributed by atoms with E-state index in [-0.39, 0.29) is 43.5 Å². The Bertz CT molecular complexity index is 777. The molecule has 3 atom stereocenters.